The SMILES string of the molecule is Cc1cccc(OC(C)CNC(=O)CCCCC(=O)O)c1. The molecule has 2 N–H and O–H groups in total. The number of hydrogen-bond acceptors (Lipinski definition) is 3. The molecule has 0 fully saturated rings. The number of rotatable bonds is 9. The Morgan fingerprint density at radius 2 is 2.00 bits per heavy atom. The minimum atomic E-state index is -0.824. The summed E-state index contributed by atoms with van der Waals surface area (Å²) < 4.78 is 5.71. The Kier molecular flexibility index (Phi) is 7.29. The molecule has 1 aromatic carbocycles. The van der Waals surface area contributed by atoms with E-state index in [1.807, 2.05) is 38.1 Å². The lowest BCUT2D eigenvalue weighted by Crippen LogP contribution is -2.33. The molecule has 0 bridgehead atoms. The molecule has 5 nitrogen and oxygen atoms in total. The van der Waals surface area contributed by atoms with Gasteiger partial charge in [-0.3, -0.25) is 9.59 Å². The molecular formula is C16H23NO4. The zero-order chi connectivity index (χ0) is 15.7. The summed E-state index contributed by atoms with van der Waals surface area (Å²) in [6.07, 6.45) is 1.46. The Balaban J connectivity index is 2.18. The number of hydrogen-bond donors (Lipinski definition) is 2. The molecule has 21 heavy (non-hydrogen) atoms. The van der Waals surface area contributed by atoms with Gasteiger partial charge in [-0.2, -0.15) is 0 Å². The van der Waals surface area contributed by atoms with Crippen LogP contribution >= 0.6 is 0 Å². The lowest BCUT2D eigenvalue weighted by atomic mass is 10.2. The van der Waals surface area contributed by atoms with Crippen molar-refractivity contribution in [2.45, 2.75) is 45.6 Å². The summed E-state index contributed by atoms with van der Waals surface area (Å²) in [6.45, 7) is 4.33. The van der Waals surface area contributed by atoms with Crippen LogP contribution in [-0.2, 0) is 9.59 Å². The fraction of sp³-hybridized carbons (Fsp3) is 0.500. The molecule has 1 atom stereocenters. The van der Waals surface area contributed by atoms with Crippen molar-refractivity contribution in [3.8, 4) is 5.75 Å². The van der Waals surface area contributed by atoms with E-state index in [4.69, 9.17) is 9.84 Å². The summed E-state index contributed by atoms with van der Waals surface area (Å²) in [5.41, 5.74) is 1.13. The van der Waals surface area contributed by atoms with E-state index < -0.39 is 5.97 Å². The van der Waals surface area contributed by atoms with Crippen molar-refractivity contribution in [3.63, 3.8) is 0 Å². The van der Waals surface area contributed by atoms with Crippen molar-refractivity contribution >= 4 is 11.9 Å². The average Bonchev–Trinajstić information content (AvgIpc) is 2.41. The molecule has 0 aromatic heterocycles. The number of aliphatic carboxylic acids is 1. The summed E-state index contributed by atoms with van der Waals surface area (Å²) in [4.78, 5) is 21.9. The first-order valence-electron chi connectivity index (χ1n) is 7.19. The highest BCUT2D eigenvalue weighted by Gasteiger charge is 2.07. The van der Waals surface area contributed by atoms with Crippen LogP contribution in [0.25, 0.3) is 0 Å². The van der Waals surface area contributed by atoms with E-state index in [2.05, 4.69) is 5.32 Å². The summed E-state index contributed by atoms with van der Waals surface area (Å²) in [5, 5.41) is 11.3. The second kappa shape index (κ2) is 9.00. The van der Waals surface area contributed by atoms with Crippen molar-refractivity contribution in [2.75, 3.05) is 6.54 Å². The van der Waals surface area contributed by atoms with Gasteiger partial charge in [0.1, 0.15) is 11.9 Å². The Bertz CT molecular complexity index is 473. The van der Waals surface area contributed by atoms with Gasteiger partial charge in [-0.15, -0.1) is 0 Å². The predicted molar refractivity (Wildman–Crippen MR) is 80.4 cm³/mol. The Morgan fingerprint density at radius 3 is 2.67 bits per heavy atom. The Labute approximate surface area is 125 Å². The van der Waals surface area contributed by atoms with Gasteiger partial charge in [0.2, 0.25) is 5.91 Å². The molecule has 0 radical (unpaired) electrons. The number of amides is 1. The molecule has 1 aromatic rings. The third kappa shape index (κ3) is 7.97. The fourth-order valence-electron chi connectivity index (χ4n) is 1.87. The Hall–Kier alpha value is -2.04. The molecule has 0 heterocycles. The number of nitrogens with one attached hydrogen (secondary N) is 1. The number of aryl methyl sites for hydroxylation is 1. The highest BCUT2D eigenvalue weighted by Crippen LogP contribution is 2.13. The zero-order valence-corrected chi connectivity index (χ0v) is 12.6. The molecule has 1 unspecified atom stereocenters. The normalized spacial score (nSPS) is 11.7. The smallest absolute Gasteiger partial charge is 0.303 e. The van der Waals surface area contributed by atoms with Gasteiger partial charge in [0.25, 0.3) is 0 Å². The van der Waals surface area contributed by atoms with Gasteiger partial charge in [-0.25, -0.2) is 0 Å². The van der Waals surface area contributed by atoms with E-state index in [0.717, 1.165) is 11.3 Å². The first kappa shape index (κ1) is 17.0. The van der Waals surface area contributed by atoms with Crippen molar-refractivity contribution in [2.24, 2.45) is 0 Å². The quantitative estimate of drug-likeness (QED) is 0.686. The van der Waals surface area contributed by atoms with E-state index in [-0.39, 0.29) is 18.4 Å². The topological polar surface area (TPSA) is 75.6 Å². The second-order valence-corrected chi connectivity index (χ2v) is 5.15. The van der Waals surface area contributed by atoms with Crippen LogP contribution < -0.4 is 10.1 Å². The zero-order valence-electron chi connectivity index (χ0n) is 12.6. The molecular weight excluding hydrogens is 270 g/mol. The van der Waals surface area contributed by atoms with Crippen LogP contribution in [0.5, 0.6) is 5.75 Å². The second-order valence-electron chi connectivity index (χ2n) is 5.15. The molecule has 1 rings (SSSR count). The number of unbranched alkanes of at least 4 members (excludes halogenated alkanes) is 1. The first-order chi connectivity index (χ1) is 9.97. The number of carbonyl (C=O) groups is 2. The van der Waals surface area contributed by atoms with Crippen LogP contribution in [-0.4, -0.2) is 29.6 Å². The van der Waals surface area contributed by atoms with Gasteiger partial charge < -0.3 is 15.2 Å². The maximum Gasteiger partial charge on any atom is 0.303 e. The van der Waals surface area contributed by atoms with E-state index in [0.29, 0.717) is 25.8 Å². The third-order valence-corrected chi connectivity index (χ3v) is 2.96. The summed E-state index contributed by atoms with van der Waals surface area (Å²) >= 11 is 0. The lowest BCUT2D eigenvalue weighted by Gasteiger charge is -2.15. The van der Waals surface area contributed by atoms with Crippen LogP contribution in [0.2, 0.25) is 0 Å². The van der Waals surface area contributed by atoms with Gasteiger partial charge in [-0.05, 0) is 44.4 Å². The summed E-state index contributed by atoms with van der Waals surface area (Å²) in [6, 6.07) is 7.76. The van der Waals surface area contributed by atoms with Gasteiger partial charge in [0.15, 0.2) is 0 Å². The number of ether oxygens (including phenoxy) is 1. The van der Waals surface area contributed by atoms with Crippen molar-refractivity contribution < 1.29 is 19.4 Å². The van der Waals surface area contributed by atoms with Crippen LogP contribution in [0.4, 0.5) is 0 Å². The highest BCUT2D eigenvalue weighted by molar-refractivity contribution is 5.75. The van der Waals surface area contributed by atoms with E-state index >= 15 is 0 Å². The highest BCUT2D eigenvalue weighted by atomic mass is 16.5. The largest absolute Gasteiger partial charge is 0.489 e. The van der Waals surface area contributed by atoms with E-state index in [1.54, 1.807) is 0 Å². The standard InChI is InChI=1S/C16H23NO4/c1-12-6-5-7-14(10-12)21-13(2)11-17-15(18)8-3-4-9-16(19)20/h5-7,10,13H,3-4,8-9,11H2,1-2H3,(H,17,18)(H,19,20). The van der Waals surface area contributed by atoms with Gasteiger partial charge in [0, 0.05) is 12.8 Å². The Morgan fingerprint density at radius 1 is 1.29 bits per heavy atom. The third-order valence-electron chi connectivity index (χ3n) is 2.96. The van der Waals surface area contributed by atoms with Crippen LogP contribution in [0.1, 0.15) is 38.2 Å². The van der Waals surface area contributed by atoms with Gasteiger partial charge in [0.05, 0.1) is 6.54 Å². The number of carboxylic acid groups (broad SMARTS) is 1. The fourth-order valence-corrected chi connectivity index (χ4v) is 1.87. The number of carboxylic acids is 1. The van der Waals surface area contributed by atoms with Crippen molar-refractivity contribution in [3.05, 3.63) is 29.8 Å². The molecule has 5 heteroatoms. The van der Waals surface area contributed by atoms with Gasteiger partial charge in [-0.1, -0.05) is 12.1 Å². The van der Waals surface area contributed by atoms with Crippen LogP contribution in [0.3, 0.4) is 0 Å². The summed E-state index contributed by atoms with van der Waals surface area (Å²) in [5.74, 6) is -0.103. The molecule has 1 amide bonds. The van der Waals surface area contributed by atoms with Crippen molar-refractivity contribution in [1.29, 1.82) is 0 Å². The first-order valence-corrected chi connectivity index (χ1v) is 7.19. The average molecular weight is 293 g/mol. The summed E-state index contributed by atoms with van der Waals surface area (Å²) in [7, 11) is 0. The van der Waals surface area contributed by atoms with Gasteiger partial charge >= 0.3 is 5.97 Å². The number of carbonyl (C=O) groups excluding carboxylic acids is 1. The maximum absolute atomic E-state index is 11.6. The number of benzene rings is 1. The molecule has 0 saturated heterocycles. The lowest BCUT2D eigenvalue weighted by molar-refractivity contribution is -0.137. The molecule has 0 aliphatic carbocycles. The molecule has 0 aliphatic rings. The van der Waals surface area contributed by atoms with E-state index in [9.17, 15) is 9.59 Å². The monoisotopic (exact) mass is 293 g/mol. The minimum Gasteiger partial charge on any atom is -0.489 e. The molecule has 0 saturated carbocycles. The molecule has 116 valence electrons. The van der Waals surface area contributed by atoms with Crippen molar-refractivity contribution in [1.82, 2.24) is 5.32 Å². The van der Waals surface area contributed by atoms with Crippen LogP contribution in [0, 0.1) is 6.92 Å². The van der Waals surface area contributed by atoms with E-state index in [1.165, 1.54) is 0 Å². The predicted octanol–water partition coefficient (Wildman–Crippen LogP) is 2.52. The minimum absolute atomic E-state index is 0.0694. The van der Waals surface area contributed by atoms with Crippen LogP contribution in [0.15, 0.2) is 24.3 Å². The molecule has 0 aliphatic heterocycles. The maximum atomic E-state index is 11.6. The molecule has 0 spiro atoms.